The van der Waals surface area contributed by atoms with Gasteiger partial charge >= 0.3 is 0 Å². The third-order valence-electron chi connectivity index (χ3n) is 6.23. The molecule has 30 heavy (non-hydrogen) atoms. The highest BCUT2D eigenvalue weighted by Crippen LogP contribution is 2.27. The summed E-state index contributed by atoms with van der Waals surface area (Å²) in [6, 6.07) is 6.52. The van der Waals surface area contributed by atoms with Crippen molar-refractivity contribution in [2.75, 3.05) is 13.1 Å². The Morgan fingerprint density at radius 1 is 1.23 bits per heavy atom. The highest BCUT2D eigenvalue weighted by molar-refractivity contribution is 7.20. The Balaban J connectivity index is 1.56. The van der Waals surface area contributed by atoms with E-state index in [1.165, 1.54) is 11.3 Å². The number of fused-ring (bicyclic) bond motifs is 1. The average molecular weight is 429 g/mol. The number of para-hydroxylation sites is 1. The minimum Gasteiger partial charge on any atom is -0.356 e. The van der Waals surface area contributed by atoms with Gasteiger partial charge in [-0.25, -0.2) is 4.98 Å². The first-order chi connectivity index (χ1) is 14.4. The van der Waals surface area contributed by atoms with Gasteiger partial charge in [-0.3, -0.25) is 14.4 Å². The van der Waals surface area contributed by atoms with Crippen LogP contribution in [0.5, 0.6) is 0 Å². The van der Waals surface area contributed by atoms with Crippen molar-refractivity contribution in [1.82, 2.24) is 20.9 Å². The van der Waals surface area contributed by atoms with Crippen LogP contribution in [0, 0.1) is 17.8 Å². The number of benzene rings is 1. The molecular formula is C22H28N4O3S. The highest BCUT2D eigenvalue weighted by Gasteiger charge is 2.38. The predicted molar refractivity (Wildman–Crippen MR) is 116 cm³/mol. The lowest BCUT2D eigenvalue weighted by Crippen LogP contribution is -2.51. The first-order valence-electron chi connectivity index (χ1n) is 10.7. The number of carbonyl (C=O) groups excluding carboxylic acids is 3. The van der Waals surface area contributed by atoms with Crippen molar-refractivity contribution in [2.24, 2.45) is 17.8 Å². The number of carbonyl (C=O) groups is 3. The smallest absolute Gasteiger partial charge is 0.238 e. The first kappa shape index (κ1) is 20.9. The van der Waals surface area contributed by atoms with Gasteiger partial charge in [0.15, 0.2) is 5.01 Å². The van der Waals surface area contributed by atoms with Crippen LogP contribution in [0.25, 0.3) is 10.2 Å². The lowest BCUT2D eigenvalue weighted by Gasteiger charge is -2.25. The quantitative estimate of drug-likeness (QED) is 0.587. The second-order valence-electron chi connectivity index (χ2n) is 8.55. The first-order valence-corrected chi connectivity index (χ1v) is 11.5. The summed E-state index contributed by atoms with van der Waals surface area (Å²) in [5, 5.41) is 9.44. The maximum atomic E-state index is 13.4. The van der Waals surface area contributed by atoms with E-state index in [2.05, 4.69) is 34.8 Å². The van der Waals surface area contributed by atoms with Crippen molar-refractivity contribution >= 4 is 39.2 Å². The number of hydrogen-bond acceptors (Lipinski definition) is 6. The molecule has 0 aliphatic carbocycles. The molecule has 2 saturated heterocycles. The summed E-state index contributed by atoms with van der Waals surface area (Å²) in [5.74, 6) is -0.100. The van der Waals surface area contributed by atoms with Gasteiger partial charge in [0.25, 0.3) is 0 Å². The molecule has 1 aromatic heterocycles. The summed E-state index contributed by atoms with van der Waals surface area (Å²) in [7, 11) is 0. The van der Waals surface area contributed by atoms with E-state index in [0.29, 0.717) is 30.3 Å². The number of thiazole rings is 1. The molecule has 0 bridgehead atoms. The molecule has 4 atom stereocenters. The normalized spacial score (nSPS) is 24.9. The van der Waals surface area contributed by atoms with Crippen LogP contribution in [0.15, 0.2) is 24.3 Å². The number of amides is 2. The zero-order valence-electron chi connectivity index (χ0n) is 17.3. The van der Waals surface area contributed by atoms with Crippen LogP contribution in [0.2, 0.25) is 0 Å². The molecule has 2 fully saturated rings. The van der Waals surface area contributed by atoms with Crippen LogP contribution in [-0.2, 0) is 9.59 Å². The Hall–Kier alpha value is -2.32. The second kappa shape index (κ2) is 8.81. The summed E-state index contributed by atoms with van der Waals surface area (Å²) < 4.78 is 0.932. The topological polar surface area (TPSA) is 100 Å². The van der Waals surface area contributed by atoms with E-state index >= 15 is 0 Å². The van der Waals surface area contributed by atoms with Gasteiger partial charge < -0.3 is 16.0 Å². The lowest BCUT2D eigenvalue weighted by atomic mass is 9.88. The Labute approximate surface area is 180 Å². The third kappa shape index (κ3) is 4.25. The Bertz CT molecular complexity index is 924. The summed E-state index contributed by atoms with van der Waals surface area (Å²) in [6.07, 6.45) is 1.91. The zero-order chi connectivity index (χ0) is 21.3. The molecular weight excluding hydrogens is 400 g/mol. The highest BCUT2D eigenvalue weighted by atomic mass is 32.1. The fourth-order valence-electron chi connectivity index (χ4n) is 4.50. The van der Waals surface area contributed by atoms with Gasteiger partial charge in [0, 0.05) is 12.5 Å². The van der Waals surface area contributed by atoms with E-state index < -0.39 is 6.04 Å². The van der Waals surface area contributed by atoms with Crippen molar-refractivity contribution in [3.8, 4) is 0 Å². The van der Waals surface area contributed by atoms with Crippen LogP contribution in [-0.4, -0.2) is 47.8 Å². The van der Waals surface area contributed by atoms with Crippen LogP contribution in [0.1, 0.15) is 42.9 Å². The molecule has 2 amide bonds. The number of nitrogens with one attached hydrogen (secondary N) is 3. The molecule has 1 aromatic carbocycles. The fraction of sp³-hybridized carbons (Fsp3) is 0.545. The molecule has 2 aromatic rings. The molecule has 7 nitrogen and oxygen atoms in total. The van der Waals surface area contributed by atoms with Crippen molar-refractivity contribution in [3.05, 3.63) is 29.3 Å². The van der Waals surface area contributed by atoms with Gasteiger partial charge in [-0.2, -0.15) is 0 Å². The number of ketones is 1. The van der Waals surface area contributed by atoms with E-state index in [1.807, 2.05) is 24.3 Å². The van der Waals surface area contributed by atoms with Crippen molar-refractivity contribution in [2.45, 2.75) is 45.2 Å². The maximum absolute atomic E-state index is 13.4. The van der Waals surface area contributed by atoms with Gasteiger partial charge in [0.2, 0.25) is 17.6 Å². The second-order valence-corrected chi connectivity index (χ2v) is 9.58. The molecule has 3 heterocycles. The van der Waals surface area contributed by atoms with Gasteiger partial charge in [-0.15, -0.1) is 11.3 Å². The molecule has 160 valence electrons. The van der Waals surface area contributed by atoms with Crippen LogP contribution >= 0.6 is 11.3 Å². The predicted octanol–water partition coefficient (Wildman–Crippen LogP) is 2.12. The Morgan fingerprint density at radius 2 is 2.03 bits per heavy atom. The molecule has 8 heteroatoms. The number of rotatable bonds is 7. The molecule has 1 unspecified atom stereocenters. The summed E-state index contributed by atoms with van der Waals surface area (Å²) in [5.41, 5.74) is 0.770. The summed E-state index contributed by atoms with van der Waals surface area (Å²) >= 11 is 1.33. The summed E-state index contributed by atoms with van der Waals surface area (Å²) in [4.78, 5) is 43.1. The van der Waals surface area contributed by atoms with Crippen molar-refractivity contribution in [1.29, 1.82) is 0 Å². The van der Waals surface area contributed by atoms with Crippen LogP contribution in [0.4, 0.5) is 0 Å². The molecule has 0 saturated carbocycles. The monoisotopic (exact) mass is 428 g/mol. The van der Waals surface area contributed by atoms with E-state index in [0.717, 1.165) is 23.2 Å². The molecule has 0 spiro atoms. The van der Waals surface area contributed by atoms with Gasteiger partial charge in [0.05, 0.1) is 22.3 Å². The SMILES string of the molecule is CC(C)C1CCN[C@@H]1C(=O)N[C@@H](C[C@@H]1CCNC1=O)C(=O)c1nc2ccccc2s1. The van der Waals surface area contributed by atoms with E-state index in [1.54, 1.807) is 0 Å². The molecule has 2 aliphatic heterocycles. The van der Waals surface area contributed by atoms with Crippen LogP contribution < -0.4 is 16.0 Å². The molecule has 0 radical (unpaired) electrons. The van der Waals surface area contributed by atoms with E-state index in [-0.39, 0.29) is 35.5 Å². The Kier molecular flexibility index (Phi) is 6.15. The zero-order valence-corrected chi connectivity index (χ0v) is 18.1. The van der Waals surface area contributed by atoms with Crippen molar-refractivity contribution < 1.29 is 14.4 Å². The average Bonchev–Trinajstić information content (AvgIpc) is 3.46. The van der Waals surface area contributed by atoms with E-state index in [4.69, 9.17) is 0 Å². The third-order valence-corrected chi connectivity index (χ3v) is 7.28. The minimum absolute atomic E-state index is 0.0506. The minimum atomic E-state index is -0.762. The maximum Gasteiger partial charge on any atom is 0.238 e. The van der Waals surface area contributed by atoms with E-state index in [9.17, 15) is 14.4 Å². The van der Waals surface area contributed by atoms with Crippen LogP contribution in [0.3, 0.4) is 0 Å². The summed E-state index contributed by atoms with van der Waals surface area (Å²) in [6.45, 7) is 5.64. The molecule has 4 rings (SSSR count). The number of hydrogen-bond donors (Lipinski definition) is 3. The standard InChI is InChI=1S/C22H28N4O3S/c1-12(2)14-8-10-23-18(14)21(29)25-16(11-13-7-9-24-20(13)28)19(27)22-26-15-5-3-4-6-17(15)30-22/h3-6,12-14,16,18,23H,7-11H2,1-2H3,(H,24,28)(H,25,29)/t13-,14?,16-,18-/m0/s1. The number of Topliss-reactive ketones (excluding diaryl/α,β-unsaturated/α-hetero) is 1. The van der Waals surface area contributed by atoms with Gasteiger partial charge in [-0.1, -0.05) is 26.0 Å². The van der Waals surface area contributed by atoms with Gasteiger partial charge in [-0.05, 0) is 49.8 Å². The lowest BCUT2D eigenvalue weighted by molar-refractivity contribution is -0.126. The Morgan fingerprint density at radius 3 is 2.73 bits per heavy atom. The number of nitrogens with zero attached hydrogens (tertiary/aromatic N) is 1. The molecule has 3 N–H and O–H groups in total. The van der Waals surface area contributed by atoms with Crippen molar-refractivity contribution in [3.63, 3.8) is 0 Å². The fourth-order valence-corrected chi connectivity index (χ4v) is 5.46. The van der Waals surface area contributed by atoms with Gasteiger partial charge in [0.1, 0.15) is 0 Å². The number of aromatic nitrogens is 1. The largest absolute Gasteiger partial charge is 0.356 e. The molecule has 2 aliphatic rings.